The Labute approximate surface area is 190 Å². The maximum Gasteiger partial charge on any atom is 0.238 e. The van der Waals surface area contributed by atoms with Gasteiger partial charge in [0.15, 0.2) is 11.5 Å². The average molecular weight is 459 g/mol. The van der Waals surface area contributed by atoms with Gasteiger partial charge in [-0.1, -0.05) is 6.07 Å². The van der Waals surface area contributed by atoms with Gasteiger partial charge in [-0.15, -0.1) is 22.7 Å². The van der Waals surface area contributed by atoms with Crippen LogP contribution < -0.4 is 14.8 Å². The number of piperazine rings is 1. The Bertz CT molecular complexity index is 998. The smallest absolute Gasteiger partial charge is 0.238 e. The van der Waals surface area contributed by atoms with E-state index in [0.29, 0.717) is 23.7 Å². The minimum absolute atomic E-state index is 0.0267. The van der Waals surface area contributed by atoms with E-state index in [4.69, 9.17) is 14.5 Å². The Hall–Kier alpha value is -2.46. The van der Waals surface area contributed by atoms with Crippen LogP contribution in [0.15, 0.2) is 41.1 Å². The quantitative estimate of drug-likeness (QED) is 0.556. The Morgan fingerprint density at radius 1 is 1.06 bits per heavy atom. The molecule has 4 rings (SSSR count). The topological polar surface area (TPSA) is 66.9 Å². The maximum absolute atomic E-state index is 12.5. The minimum Gasteiger partial charge on any atom is -0.493 e. The number of rotatable bonds is 8. The van der Waals surface area contributed by atoms with Crippen molar-refractivity contribution in [2.75, 3.05) is 52.3 Å². The zero-order valence-electron chi connectivity index (χ0n) is 17.7. The zero-order chi connectivity index (χ0) is 21.6. The normalized spacial score (nSPS) is 15.0. The molecule has 31 heavy (non-hydrogen) atoms. The highest BCUT2D eigenvalue weighted by molar-refractivity contribution is 7.14. The third-order valence-electron chi connectivity index (χ3n) is 5.18. The largest absolute Gasteiger partial charge is 0.493 e. The molecule has 0 unspecified atom stereocenters. The van der Waals surface area contributed by atoms with Crippen LogP contribution in [0.3, 0.4) is 0 Å². The second-order valence-electron chi connectivity index (χ2n) is 7.27. The van der Waals surface area contributed by atoms with Crippen molar-refractivity contribution in [1.29, 1.82) is 0 Å². The van der Waals surface area contributed by atoms with Crippen LogP contribution in [0.25, 0.3) is 10.6 Å². The summed E-state index contributed by atoms with van der Waals surface area (Å²) in [4.78, 5) is 23.1. The van der Waals surface area contributed by atoms with Gasteiger partial charge in [-0.05, 0) is 23.6 Å². The molecule has 1 aromatic carbocycles. The molecule has 3 heterocycles. The van der Waals surface area contributed by atoms with Crippen molar-refractivity contribution < 1.29 is 14.3 Å². The molecule has 0 spiro atoms. The molecule has 1 amide bonds. The van der Waals surface area contributed by atoms with E-state index < -0.39 is 0 Å². The highest BCUT2D eigenvalue weighted by Crippen LogP contribution is 2.30. The molecule has 9 heteroatoms. The number of carbonyl (C=O) groups is 1. The van der Waals surface area contributed by atoms with Crippen LogP contribution in [-0.4, -0.2) is 67.6 Å². The highest BCUT2D eigenvalue weighted by atomic mass is 32.1. The third-order valence-corrected chi connectivity index (χ3v) is 6.91. The fourth-order valence-corrected chi connectivity index (χ4v) is 5.13. The number of amides is 1. The van der Waals surface area contributed by atoms with Gasteiger partial charge in [0.05, 0.1) is 37.9 Å². The molecule has 7 nitrogen and oxygen atoms in total. The van der Waals surface area contributed by atoms with Crippen LogP contribution in [0.1, 0.15) is 5.01 Å². The van der Waals surface area contributed by atoms with Crippen LogP contribution in [0.2, 0.25) is 0 Å². The number of thiazole rings is 1. The maximum atomic E-state index is 12.5. The van der Waals surface area contributed by atoms with E-state index in [1.54, 1.807) is 49.0 Å². The number of carbonyl (C=O) groups excluding carboxylic acids is 1. The Morgan fingerprint density at radius 2 is 1.84 bits per heavy atom. The molecule has 1 aliphatic rings. The van der Waals surface area contributed by atoms with E-state index >= 15 is 0 Å². The van der Waals surface area contributed by atoms with Gasteiger partial charge in [0.25, 0.3) is 0 Å². The summed E-state index contributed by atoms with van der Waals surface area (Å²) in [7, 11) is 3.17. The number of nitrogens with zero attached hydrogens (tertiary/aromatic N) is 3. The summed E-state index contributed by atoms with van der Waals surface area (Å²) in [6, 6.07) is 9.54. The molecular formula is C22H26N4O3S2. The Morgan fingerprint density at radius 3 is 2.55 bits per heavy atom. The number of thiophene rings is 1. The molecule has 1 N–H and O–H groups in total. The lowest BCUT2D eigenvalue weighted by Crippen LogP contribution is -2.48. The summed E-state index contributed by atoms with van der Waals surface area (Å²) in [5.41, 5.74) is 1.77. The van der Waals surface area contributed by atoms with Crippen molar-refractivity contribution in [2.45, 2.75) is 6.54 Å². The number of nitrogens with one attached hydrogen (secondary N) is 1. The molecule has 0 saturated carbocycles. The molecule has 1 aliphatic heterocycles. The fraction of sp³-hybridized carbons (Fsp3) is 0.364. The minimum atomic E-state index is -0.0267. The second-order valence-corrected chi connectivity index (χ2v) is 9.16. The summed E-state index contributed by atoms with van der Waals surface area (Å²) in [6.45, 7) is 4.82. The number of hydrogen-bond donors (Lipinski definition) is 1. The average Bonchev–Trinajstić information content (AvgIpc) is 3.47. The van der Waals surface area contributed by atoms with Gasteiger partial charge in [-0.25, -0.2) is 4.98 Å². The molecule has 0 radical (unpaired) electrons. The summed E-state index contributed by atoms with van der Waals surface area (Å²) in [5, 5.41) is 8.30. The van der Waals surface area contributed by atoms with Crippen LogP contribution in [0.4, 0.5) is 5.69 Å². The van der Waals surface area contributed by atoms with E-state index in [2.05, 4.69) is 38.0 Å². The van der Waals surface area contributed by atoms with Crippen molar-refractivity contribution >= 4 is 34.3 Å². The van der Waals surface area contributed by atoms with Crippen molar-refractivity contribution in [2.24, 2.45) is 0 Å². The molecule has 0 atom stereocenters. The number of methoxy groups -OCH3 is 2. The van der Waals surface area contributed by atoms with E-state index in [1.165, 1.54) is 4.88 Å². The van der Waals surface area contributed by atoms with Crippen molar-refractivity contribution in [3.63, 3.8) is 0 Å². The first kappa shape index (κ1) is 21.8. The summed E-state index contributed by atoms with van der Waals surface area (Å²) in [5.74, 6) is 1.21. The lowest BCUT2D eigenvalue weighted by atomic mass is 10.2. The van der Waals surface area contributed by atoms with Crippen LogP contribution in [-0.2, 0) is 11.3 Å². The van der Waals surface area contributed by atoms with Gasteiger partial charge in [-0.3, -0.25) is 14.6 Å². The third kappa shape index (κ3) is 5.62. The Kier molecular flexibility index (Phi) is 7.18. The number of benzene rings is 1. The summed E-state index contributed by atoms with van der Waals surface area (Å²) in [6.07, 6.45) is 0. The fourth-order valence-electron chi connectivity index (χ4n) is 3.54. The lowest BCUT2D eigenvalue weighted by molar-refractivity contribution is -0.117. The second kappa shape index (κ2) is 10.2. The predicted octanol–water partition coefficient (Wildman–Crippen LogP) is 3.65. The van der Waals surface area contributed by atoms with Crippen molar-refractivity contribution in [1.82, 2.24) is 14.8 Å². The molecule has 0 bridgehead atoms. The van der Waals surface area contributed by atoms with Crippen molar-refractivity contribution in [3.05, 3.63) is 46.1 Å². The van der Waals surface area contributed by atoms with E-state index in [1.807, 2.05) is 6.07 Å². The van der Waals surface area contributed by atoms with E-state index in [9.17, 15) is 4.79 Å². The molecule has 1 fully saturated rings. The first-order valence-corrected chi connectivity index (χ1v) is 11.9. The summed E-state index contributed by atoms with van der Waals surface area (Å²) >= 11 is 3.44. The van der Waals surface area contributed by atoms with E-state index in [-0.39, 0.29) is 5.91 Å². The van der Waals surface area contributed by atoms with Gasteiger partial charge in [0.1, 0.15) is 5.01 Å². The van der Waals surface area contributed by atoms with Gasteiger partial charge < -0.3 is 14.8 Å². The standard InChI is InChI=1S/C22H26N4O3S2/c1-28-18-6-5-16(12-19(18)29-2)23-21(27)13-25-7-9-26(10-8-25)14-22-24-17(15-31-22)20-4-3-11-30-20/h3-6,11-12,15H,7-10,13-14H2,1-2H3,(H,23,27). The molecule has 164 valence electrons. The van der Waals surface area contributed by atoms with Gasteiger partial charge in [0, 0.05) is 43.3 Å². The first-order valence-electron chi connectivity index (χ1n) is 10.1. The number of ether oxygens (including phenoxy) is 2. The van der Waals surface area contributed by atoms with Crippen LogP contribution >= 0.6 is 22.7 Å². The molecule has 2 aromatic heterocycles. The van der Waals surface area contributed by atoms with Crippen LogP contribution in [0.5, 0.6) is 11.5 Å². The van der Waals surface area contributed by atoms with Gasteiger partial charge in [-0.2, -0.15) is 0 Å². The number of aromatic nitrogens is 1. The first-order chi connectivity index (χ1) is 15.1. The lowest BCUT2D eigenvalue weighted by Gasteiger charge is -2.33. The number of anilines is 1. The SMILES string of the molecule is COc1ccc(NC(=O)CN2CCN(Cc3nc(-c4cccs4)cs3)CC2)cc1OC. The Balaban J connectivity index is 1.23. The van der Waals surface area contributed by atoms with E-state index in [0.717, 1.165) is 43.4 Å². The van der Waals surface area contributed by atoms with Crippen LogP contribution in [0, 0.1) is 0 Å². The predicted molar refractivity (Wildman–Crippen MR) is 125 cm³/mol. The molecular weight excluding hydrogens is 432 g/mol. The number of hydrogen-bond acceptors (Lipinski definition) is 8. The molecule has 1 saturated heterocycles. The monoisotopic (exact) mass is 458 g/mol. The van der Waals surface area contributed by atoms with Gasteiger partial charge >= 0.3 is 0 Å². The highest BCUT2D eigenvalue weighted by Gasteiger charge is 2.20. The zero-order valence-corrected chi connectivity index (χ0v) is 19.3. The summed E-state index contributed by atoms with van der Waals surface area (Å²) < 4.78 is 10.5. The molecule has 3 aromatic rings. The van der Waals surface area contributed by atoms with Gasteiger partial charge in [0.2, 0.25) is 5.91 Å². The molecule has 0 aliphatic carbocycles. The van der Waals surface area contributed by atoms with Crippen molar-refractivity contribution in [3.8, 4) is 22.1 Å².